The number of esters is 1. The molecule has 0 aliphatic carbocycles. The fraction of sp³-hybridized carbons (Fsp3) is 0.500. The highest BCUT2D eigenvalue weighted by Gasteiger charge is 2.14. The van der Waals surface area contributed by atoms with Gasteiger partial charge in [0.15, 0.2) is 0 Å². The highest BCUT2D eigenvalue weighted by molar-refractivity contribution is 6.35. The van der Waals surface area contributed by atoms with Crippen LogP contribution >= 0.6 is 0 Å². The molecule has 0 aliphatic rings. The Hall–Kier alpha value is -1.59. The molecule has 1 aromatic heterocycles. The van der Waals surface area contributed by atoms with Gasteiger partial charge >= 0.3 is 5.97 Å². The van der Waals surface area contributed by atoms with E-state index in [1.165, 1.54) is 6.20 Å². The van der Waals surface area contributed by atoms with Gasteiger partial charge in [-0.1, -0.05) is 13.7 Å². The van der Waals surface area contributed by atoms with Crippen molar-refractivity contribution in [1.29, 1.82) is 0 Å². The van der Waals surface area contributed by atoms with E-state index in [1.54, 1.807) is 6.92 Å². The number of carbonyl (C=O) groups excluding carboxylic acids is 1. The predicted molar refractivity (Wildman–Crippen MR) is 62.2 cm³/mol. The van der Waals surface area contributed by atoms with Gasteiger partial charge in [-0.3, -0.25) is 4.79 Å². The zero-order valence-corrected chi connectivity index (χ0v) is 9.74. The summed E-state index contributed by atoms with van der Waals surface area (Å²) in [5.41, 5.74) is -0.488. The van der Waals surface area contributed by atoms with Gasteiger partial charge in [0.2, 0.25) is 0 Å². The Bertz CT molecular complexity index is 430. The first-order valence-electron chi connectivity index (χ1n) is 5.36. The van der Waals surface area contributed by atoms with Crippen molar-refractivity contribution < 1.29 is 9.53 Å². The number of nitrogens with zero attached hydrogens (tertiary/aromatic N) is 1. The van der Waals surface area contributed by atoms with Gasteiger partial charge in [-0.05, 0) is 12.7 Å². The van der Waals surface area contributed by atoms with Crippen LogP contribution < -0.4 is 5.56 Å². The lowest BCUT2D eigenvalue weighted by Gasteiger charge is -2.07. The Kier molecular flexibility index (Phi) is 4.28. The minimum absolute atomic E-state index is 0.0473. The molecule has 6 heteroatoms. The minimum Gasteiger partial charge on any atom is -0.462 e. The fourth-order valence-electron chi connectivity index (χ4n) is 1.21. The lowest BCUT2D eigenvalue weighted by molar-refractivity contribution is 0.0523. The first-order chi connectivity index (χ1) is 7.60. The standard InChI is InChI=1S/C10H15BN2O3/c1-4-16-10(15)7-5-12-8(6(2)11-3)13-9(7)14/h5-6,11H,4H2,1-3H3,(H,12,13,14). The number of nitrogens with one attached hydrogen (secondary N) is 1. The van der Waals surface area contributed by atoms with Crippen molar-refractivity contribution >= 4 is 13.2 Å². The third kappa shape index (κ3) is 2.71. The smallest absolute Gasteiger partial charge is 0.345 e. The summed E-state index contributed by atoms with van der Waals surface area (Å²) in [6.45, 7) is 5.89. The molecule has 16 heavy (non-hydrogen) atoms. The molecule has 0 fully saturated rings. The second-order valence-electron chi connectivity index (χ2n) is 3.54. The summed E-state index contributed by atoms with van der Waals surface area (Å²) in [5.74, 6) is 0.136. The summed E-state index contributed by atoms with van der Waals surface area (Å²) in [7, 11) is 0.877. The average Bonchev–Trinajstić information content (AvgIpc) is 2.28. The maximum Gasteiger partial charge on any atom is 0.345 e. The van der Waals surface area contributed by atoms with Gasteiger partial charge in [0.25, 0.3) is 5.56 Å². The van der Waals surface area contributed by atoms with E-state index in [4.69, 9.17) is 4.74 Å². The third-order valence-corrected chi connectivity index (χ3v) is 2.39. The third-order valence-electron chi connectivity index (χ3n) is 2.39. The SMILES string of the molecule is CBC(C)c1ncc(C(=O)OCC)c(=O)[nH]1. The summed E-state index contributed by atoms with van der Waals surface area (Å²) in [5, 5.41) is 0. The highest BCUT2D eigenvalue weighted by Crippen LogP contribution is 2.05. The number of hydrogen-bond donors (Lipinski definition) is 1. The Morgan fingerprint density at radius 1 is 1.69 bits per heavy atom. The zero-order valence-electron chi connectivity index (χ0n) is 9.74. The van der Waals surface area contributed by atoms with Crippen molar-refractivity contribution in [1.82, 2.24) is 9.97 Å². The van der Waals surface area contributed by atoms with Crippen molar-refractivity contribution in [3.63, 3.8) is 0 Å². The van der Waals surface area contributed by atoms with Crippen LogP contribution in [0.5, 0.6) is 0 Å². The fourth-order valence-corrected chi connectivity index (χ4v) is 1.21. The van der Waals surface area contributed by atoms with Crippen LogP contribution in [0.1, 0.15) is 35.8 Å². The number of rotatable bonds is 4. The van der Waals surface area contributed by atoms with E-state index in [1.807, 2.05) is 13.7 Å². The molecule has 0 saturated carbocycles. The van der Waals surface area contributed by atoms with Gasteiger partial charge < -0.3 is 9.72 Å². The molecule has 1 N–H and O–H groups in total. The summed E-state index contributed by atoms with van der Waals surface area (Å²) < 4.78 is 4.74. The van der Waals surface area contributed by atoms with Crippen LogP contribution in [0.15, 0.2) is 11.0 Å². The molecular formula is C10H15BN2O3. The van der Waals surface area contributed by atoms with Crippen molar-refractivity contribution in [2.45, 2.75) is 26.5 Å². The van der Waals surface area contributed by atoms with Crippen LogP contribution in [-0.4, -0.2) is 29.8 Å². The van der Waals surface area contributed by atoms with E-state index in [0.717, 1.165) is 7.28 Å². The molecule has 86 valence electrons. The molecule has 0 aromatic carbocycles. The van der Waals surface area contributed by atoms with Gasteiger partial charge in [0.05, 0.1) is 6.61 Å². The number of carbonyl (C=O) groups is 1. The first kappa shape index (κ1) is 12.5. The topological polar surface area (TPSA) is 72.0 Å². The molecule has 0 amide bonds. The zero-order chi connectivity index (χ0) is 12.1. The molecule has 0 saturated heterocycles. The number of aromatic nitrogens is 2. The van der Waals surface area contributed by atoms with E-state index >= 15 is 0 Å². The number of hydrogen-bond acceptors (Lipinski definition) is 4. The van der Waals surface area contributed by atoms with Crippen LogP contribution in [0.2, 0.25) is 6.82 Å². The van der Waals surface area contributed by atoms with Crippen LogP contribution in [0.25, 0.3) is 0 Å². The Labute approximate surface area is 94.5 Å². The molecule has 1 unspecified atom stereocenters. The van der Waals surface area contributed by atoms with Gasteiger partial charge in [-0.15, -0.1) is 0 Å². The molecule has 0 aliphatic heterocycles. The lowest BCUT2D eigenvalue weighted by atomic mass is 9.67. The Morgan fingerprint density at radius 3 is 2.88 bits per heavy atom. The maximum atomic E-state index is 11.6. The van der Waals surface area contributed by atoms with E-state index in [0.29, 0.717) is 5.82 Å². The van der Waals surface area contributed by atoms with Crippen molar-refractivity contribution in [2.24, 2.45) is 0 Å². The highest BCUT2D eigenvalue weighted by atomic mass is 16.5. The number of ether oxygens (including phenoxy) is 1. The van der Waals surface area contributed by atoms with Crippen molar-refractivity contribution in [2.75, 3.05) is 6.61 Å². The second-order valence-corrected chi connectivity index (χ2v) is 3.54. The van der Waals surface area contributed by atoms with E-state index in [9.17, 15) is 9.59 Å². The van der Waals surface area contributed by atoms with Crippen LogP contribution in [0.4, 0.5) is 0 Å². The Balaban J connectivity index is 3.00. The molecule has 0 bridgehead atoms. The quantitative estimate of drug-likeness (QED) is 0.594. The summed E-state index contributed by atoms with van der Waals surface area (Å²) in [6.07, 6.45) is 1.28. The molecule has 5 nitrogen and oxygen atoms in total. The molecule has 0 spiro atoms. The molecule has 1 aromatic rings. The second kappa shape index (κ2) is 5.49. The van der Waals surface area contributed by atoms with E-state index in [-0.39, 0.29) is 18.0 Å². The molecule has 1 rings (SSSR count). The van der Waals surface area contributed by atoms with E-state index < -0.39 is 11.5 Å². The number of aromatic amines is 1. The summed E-state index contributed by atoms with van der Waals surface area (Å²) >= 11 is 0. The largest absolute Gasteiger partial charge is 0.462 e. The average molecular weight is 222 g/mol. The molecule has 1 heterocycles. The van der Waals surface area contributed by atoms with Crippen molar-refractivity contribution in [3.8, 4) is 0 Å². The van der Waals surface area contributed by atoms with Gasteiger partial charge in [-0.25, -0.2) is 9.78 Å². The summed E-state index contributed by atoms with van der Waals surface area (Å²) in [6, 6.07) is 0. The molecule has 0 radical (unpaired) electrons. The lowest BCUT2D eigenvalue weighted by Crippen LogP contribution is -2.23. The Morgan fingerprint density at radius 2 is 2.38 bits per heavy atom. The van der Waals surface area contributed by atoms with Gasteiger partial charge in [0, 0.05) is 6.20 Å². The monoisotopic (exact) mass is 222 g/mol. The van der Waals surface area contributed by atoms with Crippen LogP contribution in [-0.2, 0) is 4.74 Å². The van der Waals surface area contributed by atoms with Gasteiger partial charge in [-0.2, -0.15) is 0 Å². The predicted octanol–water partition coefficient (Wildman–Crippen LogP) is 0.492. The van der Waals surface area contributed by atoms with Crippen molar-refractivity contribution in [3.05, 3.63) is 27.9 Å². The normalized spacial score (nSPS) is 11.9. The molecule has 1 atom stereocenters. The van der Waals surface area contributed by atoms with Crippen LogP contribution in [0.3, 0.4) is 0 Å². The van der Waals surface area contributed by atoms with E-state index in [2.05, 4.69) is 9.97 Å². The molecular weight excluding hydrogens is 207 g/mol. The summed E-state index contributed by atoms with van der Waals surface area (Å²) in [4.78, 5) is 29.6. The first-order valence-corrected chi connectivity index (χ1v) is 5.36. The number of H-pyrrole nitrogens is 1. The van der Waals surface area contributed by atoms with Crippen LogP contribution in [0, 0.1) is 0 Å². The minimum atomic E-state index is -0.632. The van der Waals surface area contributed by atoms with Gasteiger partial charge in [0.1, 0.15) is 18.7 Å². The maximum absolute atomic E-state index is 11.6.